The third-order valence-corrected chi connectivity index (χ3v) is 4.02. The fraction of sp³-hybridized carbons (Fsp3) is 0.316. The zero-order valence-electron chi connectivity index (χ0n) is 16.1. The average Bonchev–Trinajstić information content (AvgIpc) is 3.24. The van der Waals surface area contributed by atoms with Crippen molar-refractivity contribution in [3.63, 3.8) is 0 Å². The number of ether oxygens (including phenoxy) is 1. The highest BCUT2D eigenvalue weighted by molar-refractivity contribution is 6.00. The van der Waals surface area contributed by atoms with Crippen LogP contribution in [0.3, 0.4) is 0 Å². The maximum Gasteiger partial charge on any atom is 0.340 e. The first-order valence-electron chi connectivity index (χ1n) is 8.78. The van der Waals surface area contributed by atoms with E-state index in [9.17, 15) is 9.59 Å². The molecular formula is C19H21N5O4. The predicted molar refractivity (Wildman–Crippen MR) is 99.5 cm³/mol. The van der Waals surface area contributed by atoms with Gasteiger partial charge < -0.3 is 19.6 Å². The van der Waals surface area contributed by atoms with E-state index in [-0.39, 0.29) is 24.4 Å². The molecule has 9 heteroatoms. The number of aromatic nitrogens is 4. The number of esters is 1. The molecule has 3 heterocycles. The van der Waals surface area contributed by atoms with Crippen molar-refractivity contribution in [1.29, 1.82) is 0 Å². The summed E-state index contributed by atoms with van der Waals surface area (Å²) >= 11 is 0. The molecule has 3 aromatic rings. The summed E-state index contributed by atoms with van der Waals surface area (Å²) in [6.07, 6.45) is 3.02. The molecule has 146 valence electrons. The third-order valence-electron chi connectivity index (χ3n) is 4.02. The SMILES string of the molecule is Cc1[nH]c(C(=O)NCc2nc(-c3ccncc3)no2)c(C)c1C(=O)OC(C)C. The molecule has 3 aromatic heterocycles. The molecule has 0 fully saturated rings. The molecule has 0 saturated heterocycles. The summed E-state index contributed by atoms with van der Waals surface area (Å²) < 4.78 is 10.4. The van der Waals surface area contributed by atoms with Crippen molar-refractivity contribution in [3.8, 4) is 11.4 Å². The fourth-order valence-corrected chi connectivity index (χ4v) is 2.75. The van der Waals surface area contributed by atoms with Gasteiger partial charge in [-0.2, -0.15) is 4.98 Å². The van der Waals surface area contributed by atoms with E-state index in [1.807, 2.05) is 0 Å². The minimum absolute atomic E-state index is 0.0558. The van der Waals surface area contributed by atoms with Gasteiger partial charge in [0.2, 0.25) is 11.7 Å². The van der Waals surface area contributed by atoms with Crippen LogP contribution in [0, 0.1) is 13.8 Å². The van der Waals surface area contributed by atoms with Gasteiger partial charge in [-0.05, 0) is 45.4 Å². The van der Waals surface area contributed by atoms with Gasteiger partial charge in [0, 0.05) is 23.7 Å². The normalized spacial score (nSPS) is 10.9. The van der Waals surface area contributed by atoms with E-state index in [2.05, 4.69) is 25.4 Å². The molecule has 3 rings (SSSR count). The molecule has 0 saturated carbocycles. The number of H-pyrrole nitrogens is 1. The van der Waals surface area contributed by atoms with Crippen molar-refractivity contribution >= 4 is 11.9 Å². The highest BCUT2D eigenvalue weighted by atomic mass is 16.5. The highest BCUT2D eigenvalue weighted by Crippen LogP contribution is 2.20. The first-order chi connectivity index (χ1) is 13.4. The lowest BCUT2D eigenvalue weighted by molar-refractivity contribution is 0.0376. The van der Waals surface area contributed by atoms with Crippen LogP contribution in [0.1, 0.15) is 51.8 Å². The average molecular weight is 383 g/mol. The number of carbonyl (C=O) groups excluding carboxylic acids is 2. The minimum atomic E-state index is -0.459. The van der Waals surface area contributed by atoms with Gasteiger partial charge in [-0.1, -0.05) is 5.16 Å². The number of aryl methyl sites for hydroxylation is 1. The number of hydrogen-bond donors (Lipinski definition) is 2. The van der Waals surface area contributed by atoms with Crippen molar-refractivity contribution in [3.05, 3.63) is 52.9 Å². The summed E-state index contributed by atoms with van der Waals surface area (Å²) in [7, 11) is 0. The van der Waals surface area contributed by atoms with Crippen LogP contribution in [0.2, 0.25) is 0 Å². The maximum absolute atomic E-state index is 12.5. The number of rotatable bonds is 6. The lowest BCUT2D eigenvalue weighted by Crippen LogP contribution is -2.24. The lowest BCUT2D eigenvalue weighted by Gasteiger charge is -2.08. The van der Waals surface area contributed by atoms with Gasteiger partial charge in [0.25, 0.3) is 5.91 Å². The summed E-state index contributed by atoms with van der Waals surface area (Å²) in [5.41, 5.74) is 2.54. The van der Waals surface area contributed by atoms with Gasteiger partial charge in [-0.15, -0.1) is 0 Å². The zero-order valence-corrected chi connectivity index (χ0v) is 16.1. The molecule has 1 amide bonds. The first-order valence-corrected chi connectivity index (χ1v) is 8.78. The van der Waals surface area contributed by atoms with Crippen LogP contribution in [0.5, 0.6) is 0 Å². The van der Waals surface area contributed by atoms with Crippen molar-refractivity contribution < 1.29 is 18.8 Å². The second-order valence-corrected chi connectivity index (χ2v) is 6.51. The Morgan fingerprint density at radius 3 is 2.64 bits per heavy atom. The molecule has 0 unspecified atom stereocenters. The Kier molecular flexibility index (Phi) is 5.53. The van der Waals surface area contributed by atoms with Gasteiger partial charge in [-0.25, -0.2) is 4.79 Å². The van der Waals surface area contributed by atoms with Crippen LogP contribution in [0.4, 0.5) is 0 Å². The second-order valence-electron chi connectivity index (χ2n) is 6.51. The standard InChI is InChI=1S/C19H21N5O4/c1-10(2)27-19(26)15-11(3)16(22-12(15)4)18(25)21-9-14-23-17(24-28-14)13-5-7-20-8-6-13/h5-8,10,22H,9H2,1-4H3,(H,21,25). The van der Waals surface area contributed by atoms with E-state index in [0.717, 1.165) is 5.56 Å². The second kappa shape index (κ2) is 8.03. The van der Waals surface area contributed by atoms with E-state index in [1.54, 1.807) is 52.2 Å². The fourth-order valence-electron chi connectivity index (χ4n) is 2.75. The van der Waals surface area contributed by atoms with Crippen molar-refractivity contribution in [2.24, 2.45) is 0 Å². The molecule has 0 radical (unpaired) electrons. The van der Waals surface area contributed by atoms with Crippen LogP contribution >= 0.6 is 0 Å². The third kappa shape index (κ3) is 4.08. The molecule has 9 nitrogen and oxygen atoms in total. The Morgan fingerprint density at radius 1 is 1.25 bits per heavy atom. The topological polar surface area (TPSA) is 123 Å². The van der Waals surface area contributed by atoms with Gasteiger partial charge in [0.05, 0.1) is 18.2 Å². The summed E-state index contributed by atoms with van der Waals surface area (Å²) in [4.78, 5) is 35.9. The molecule has 0 spiro atoms. The summed E-state index contributed by atoms with van der Waals surface area (Å²) in [5.74, 6) is -0.162. The smallest absolute Gasteiger partial charge is 0.340 e. The minimum Gasteiger partial charge on any atom is -0.459 e. The van der Waals surface area contributed by atoms with E-state index in [0.29, 0.717) is 28.3 Å². The number of nitrogens with one attached hydrogen (secondary N) is 2. The van der Waals surface area contributed by atoms with E-state index >= 15 is 0 Å². The molecule has 0 aromatic carbocycles. The van der Waals surface area contributed by atoms with Crippen LogP contribution < -0.4 is 5.32 Å². The predicted octanol–water partition coefficient (Wildman–Crippen LogP) is 2.57. The molecular weight excluding hydrogens is 362 g/mol. The lowest BCUT2D eigenvalue weighted by atomic mass is 10.1. The summed E-state index contributed by atoms with van der Waals surface area (Å²) in [6.45, 7) is 7.02. The van der Waals surface area contributed by atoms with E-state index in [1.165, 1.54) is 0 Å². The molecule has 0 aliphatic carbocycles. The Balaban J connectivity index is 1.69. The zero-order chi connectivity index (χ0) is 20.3. The van der Waals surface area contributed by atoms with E-state index in [4.69, 9.17) is 9.26 Å². The largest absolute Gasteiger partial charge is 0.459 e. The molecule has 0 aliphatic rings. The molecule has 2 N–H and O–H groups in total. The number of nitrogens with zero attached hydrogens (tertiary/aromatic N) is 3. The highest BCUT2D eigenvalue weighted by Gasteiger charge is 2.23. The first kappa shape index (κ1) is 19.3. The van der Waals surface area contributed by atoms with Crippen LogP contribution in [-0.4, -0.2) is 38.1 Å². The van der Waals surface area contributed by atoms with E-state index < -0.39 is 5.97 Å². The van der Waals surface area contributed by atoms with Gasteiger partial charge in [0.15, 0.2) is 0 Å². The van der Waals surface area contributed by atoms with Crippen LogP contribution in [-0.2, 0) is 11.3 Å². The van der Waals surface area contributed by atoms with Crippen LogP contribution in [0.25, 0.3) is 11.4 Å². The van der Waals surface area contributed by atoms with Gasteiger partial charge >= 0.3 is 5.97 Å². The Labute approximate surface area is 161 Å². The molecule has 0 atom stereocenters. The summed E-state index contributed by atoms with van der Waals surface area (Å²) in [5, 5.41) is 6.60. The van der Waals surface area contributed by atoms with Gasteiger partial charge in [-0.3, -0.25) is 9.78 Å². The number of aromatic amines is 1. The van der Waals surface area contributed by atoms with Gasteiger partial charge in [0.1, 0.15) is 5.69 Å². The Morgan fingerprint density at radius 2 is 1.96 bits per heavy atom. The summed E-state index contributed by atoms with van der Waals surface area (Å²) in [6, 6.07) is 3.52. The number of pyridine rings is 1. The Bertz CT molecular complexity index is 991. The monoisotopic (exact) mass is 383 g/mol. The number of hydrogen-bond acceptors (Lipinski definition) is 7. The number of carbonyl (C=O) groups is 2. The maximum atomic E-state index is 12.5. The molecule has 28 heavy (non-hydrogen) atoms. The Hall–Kier alpha value is -3.49. The molecule has 0 bridgehead atoms. The van der Waals surface area contributed by atoms with Crippen molar-refractivity contribution in [1.82, 2.24) is 25.4 Å². The van der Waals surface area contributed by atoms with Crippen LogP contribution in [0.15, 0.2) is 29.0 Å². The van der Waals surface area contributed by atoms with Crippen molar-refractivity contribution in [2.75, 3.05) is 0 Å². The molecule has 0 aliphatic heterocycles. The van der Waals surface area contributed by atoms with Crippen molar-refractivity contribution in [2.45, 2.75) is 40.3 Å². The number of amides is 1. The quantitative estimate of drug-likeness (QED) is 0.627.